The first-order valence-electron chi connectivity index (χ1n) is 10.4. The molecule has 7 heteroatoms. The van der Waals surface area contributed by atoms with Gasteiger partial charge >= 0.3 is 0 Å². The minimum absolute atomic E-state index is 0.133. The number of aryl methyl sites for hydroxylation is 1. The molecule has 6 nitrogen and oxygen atoms in total. The van der Waals surface area contributed by atoms with Gasteiger partial charge in [-0.25, -0.2) is 8.42 Å². The maximum atomic E-state index is 13.2. The van der Waals surface area contributed by atoms with Gasteiger partial charge in [-0.3, -0.25) is 0 Å². The maximum absolute atomic E-state index is 13.2. The van der Waals surface area contributed by atoms with Gasteiger partial charge in [0.25, 0.3) is 0 Å². The first kappa shape index (κ1) is 20.8. The molecule has 0 bridgehead atoms. The van der Waals surface area contributed by atoms with Crippen LogP contribution in [0.2, 0.25) is 0 Å². The van der Waals surface area contributed by atoms with E-state index in [1.807, 2.05) is 19.1 Å². The average molecular weight is 429 g/mol. The fourth-order valence-electron chi connectivity index (χ4n) is 4.32. The molecular formula is C23H28N2O4S. The topological polar surface area (TPSA) is 60.8 Å². The molecule has 0 amide bonds. The summed E-state index contributed by atoms with van der Waals surface area (Å²) in [6.45, 7) is 6.39. The number of ether oxygens (including phenoxy) is 2. The highest BCUT2D eigenvalue weighted by Gasteiger charge is 2.35. The van der Waals surface area contributed by atoms with Gasteiger partial charge in [0, 0.05) is 37.1 Å². The van der Waals surface area contributed by atoms with Crippen LogP contribution < -0.4 is 9.47 Å². The van der Waals surface area contributed by atoms with Crippen molar-refractivity contribution in [2.45, 2.75) is 37.6 Å². The van der Waals surface area contributed by atoms with E-state index in [4.69, 9.17) is 9.47 Å². The summed E-state index contributed by atoms with van der Waals surface area (Å²) in [6, 6.07) is 12.7. The zero-order valence-corrected chi connectivity index (χ0v) is 18.5. The lowest BCUT2D eigenvalue weighted by molar-refractivity contribution is 0.340. The molecule has 1 aliphatic rings. The molecule has 4 rings (SSSR count). The Hall–Kier alpha value is -2.51. The predicted octanol–water partition coefficient (Wildman–Crippen LogP) is 4.25. The molecule has 160 valence electrons. The van der Waals surface area contributed by atoms with Crippen molar-refractivity contribution >= 4 is 20.9 Å². The van der Waals surface area contributed by atoms with Gasteiger partial charge in [0.1, 0.15) is 11.5 Å². The minimum Gasteiger partial charge on any atom is -0.496 e. The molecule has 1 unspecified atom stereocenters. The molecule has 2 aromatic carbocycles. The second-order valence-corrected chi connectivity index (χ2v) is 9.42. The van der Waals surface area contributed by atoms with E-state index < -0.39 is 10.0 Å². The number of hydrogen-bond acceptors (Lipinski definition) is 4. The minimum atomic E-state index is -3.54. The van der Waals surface area contributed by atoms with Crippen LogP contribution in [0.3, 0.4) is 0 Å². The lowest BCUT2D eigenvalue weighted by Crippen LogP contribution is -2.28. The van der Waals surface area contributed by atoms with Crippen molar-refractivity contribution in [1.29, 1.82) is 0 Å². The number of aromatic nitrogens is 1. The standard InChI is InChI=1S/C23H28N2O4S/c1-4-24-16-20(23-21(24)7-6-8-22(23)28-3)17-13-14-25(15-17)30(26,27)19-11-9-18(10-12-19)29-5-2/h6-12,16-17H,4-5,13-15H2,1-3H3. The predicted molar refractivity (Wildman–Crippen MR) is 118 cm³/mol. The normalized spacial score (nSPS) is 17.5. The van der Waals surface area contributed by atoms with Crippen LogP contribution in [-0.4, -0.2) is 44.1 Å². The van der Waals surface area contributed by atoms with Crippen LogP contribution in [0.5, 0.6) is 11.5 Å². The Morgan fingerprint density at radius 2 is 1.87 bits per heavy atom. The largest absolute Gasteiger partial charge is 0.496 e. The van der Waals surface area contributed by atoms with Crippen LogP contribution in [0.4, 0.5) is 0 Å². The number of nitrogens with zero attached hydrogens (tertiary/aromatic N) is 2. The van der Waals surface area contributed by atoms with Gasteiger partial charge in [0.05, 0.1) is 24.1 Å². The molecular weight excluding hydrogens is 400 g/mol. The zero-order chi connectivity index (χ0) is 21.3. The third-order valence-electron chi connectivity index (χ3n) is 5.82. The SMILES string of the molecule is CCOc1ccc(S(=O)(=O)N2CCC(c3cn(CC)c4cccc(OC)c34)C2)cc1. The van der Waals surface area contributed by atoms with E-state index in [2.05, 4.69) is 23.8 Å². The molecule has 1 aromatic heterocycles. The summed E-state index contributed by atoms with van der Waals surface area (Å²) in [7, 11) is -1.86. The Morgan fingerprint density at radius 1 is 1.10 bits per heavy atom. The second-order valence-electron chi connectivity index (χ2n) is 7.48. The molecule has 1 atom stereocenters. The van der Waals surface area contributed by atoms with E-state index in [1.54, 1.807) is 35.7 Å². The monoisotopic (exact) mass is 428 g/mol. The van der Waals surface area contributed by atoms with E-state index in [9.17, 15) is 8.42 Å². The fraction of sp³-hybridized carbons (Fsp3) is 0.391. The molecule has 3 aromatic rings. The van der Waals surface area contributed by atoms with Crippen LogP contribution in [0.25, 0.3) is 10.9 Å². The van der Waals surface area contributed by atoms with Crippen LogP contribution in [0, 0.1) is 0 Å². The summed E-state index contributed by atoms with van der Waals surface area (Å²) in [5.41, 5.74) is 2.29. The van der Waals surface area contributed by atoms with Gasteiger partial charge in [-0.15, -0.1) is 0 Å². The Balaban J connectivity index is 1.63. The van der Waals surface area contributed by atoms with Gasteiger partial charge in [-0.2, -0.15) is 4.31 Å². The summed E-state index contributed by atoms with van der Waals surface area (Å²) >= 11 is 0. The molecule has 0 saturated carbocycles. The summed E-state index contributed by atoms with van der Waals surface area (Å²) < 4.78 is 41.2. The molecule has 0 N–H and O–H groups in total. The molecule has 0 aliphatic carbocycles. The van der Waals surface area contributed by atoms with Gasteiger partial charge in [0.15, 0.2) is 0 Å². The van der Waals surface area contributed by atoms with Gasteiger partial charge < -0.3 is 14.0 Å². The highest BCUT2D eigenvalue weighted by atomic mass is 32.2. The van der Waals surface area contributed by atoms with Gasteiger partial charge in [-0.1, -0.05) is 6.07 Å². The lowest BCUT2D eigenvalue weighted by atomic mass is 9.97. The molecule has 1 fully saturated rings. The van der Waals surface area contributed by atoms with Crippen molar-refractivity contribution in [3.8, 4) is 11.5 Å². The average Bonchev–Trinajstić information content (AvgIpc) is 3.39. The van der Waals surface area contributed by atoms with Crippen molar-refractivity contribution < 1.29 is 17.9 Å². The number of hydrogen-bond donors (Lipinski definition) is 0. The third-order valence-corrected chi connectivity index (χ3v) is 7.70. The smallest absolute Gasteiger partial charge is 0.243 e. The first-order chi connectivity index (χ1) is 14.5. The highest BCUT2D eigenvalue weighted by molar-refractivity contribution is 7.89. The Morgan fingerprint density at radius 3 is 2.53 bits per heavy atom. The van der Waals surface area contributed by atoms with Crippen LogP contribution in [0.15, 0.2) is 53.6 Å². The molecule has 1 saturated heterocycles. The summed E-state index contributed by atoms with van der Waals surface area (Å²) in [6.07, 6.45) is 2.95. The van der Waals surface area contributed by atoms with Gasteiger partial charge in [-0.05, 0) is 62.2 Å². The van der Waals surface area contributed by atoms with Crippen molar-refractivity contribution in [1.82, 2.24) is 8.87 Å². The van der Waals surface area contributed by atoms with Crippen LogP contribution in [0.1, 0.15) is 31.7 Å². The summed E-state index contributed by atoms with van der Waals surface area (Å²) in [4.78, 5) is 0.306. The van der Waals surface area contributed by atoms with Crippen molar-refractivity contribution in [3.63, 3.8) is 0 Å². The van der Waals surface area contributed by atoms with Crippen molar-refractivity contribution in [2.24, 2.45) is 0 Å². The number of sulfonamides is 1. The molecule has 0 spiro atoms. The number of methoxy groups -OCH3 is 1. The van der Waals surface area contributed by atoms with Crippen molar-refractivity contribution in [2.75, 3.05) is 26.8 Å². The molecule has 2 heterocycles. The Kier molecular flexibility index (Phi) is 5.75. The van der Waals surface area contributed by atoms with E-state index in [0.717, 1.165) is 35.2 Å². The summed E-state index contributed by atoms with van der Waals surface area (Å²) in [5.74, 6) is 1.65. The molecule has 0 radical (unpaired) electrons. The molecule has 30 heavy (non-hydrogen) atoms. The third kappa shape index (κ3) is 3.56. The Labute approximate surface area is 178 Å². The number of fused-ring (bicyclic) bond motifs is 1. The quantitative estimate of drug-likeness (QED) is 0.565. The highest BCUT2D eigenvalue weighted by Crippen LogP contribution is 2.39. The lowest BCUT2D eigenvalue weighted by Gasteiger charge is -2.17. The van der Waals surface area contributed by atoms with E-state index >= 15 is 0 Å². The second kappa shape index (κ2) is 8.32. The number of rotatable bonds is 7. The maximum Gasteiger partial charge on any atom is 0.243 e. The zero-order valence-electron chi connectivity index (χ0n) is 17.7. The van der Waals surface area contributed by atoms with E-state index in [0.29, 0.717) is 30.3 Å². The van der Waals surface area contributed by atoms with Crippen molar-refractivity contribution in [3.05, 3.63) is 54.2 Å². The fourth-order valence-corrected chi connectivity index (χ4v) is 5.82. The molecule has 1 aliphatic heterocycles. The van der Waals surface area contributed by atoms with E-state index in [1.165, 1.54) is 0 Å². The Bertz CT molecular complexity index is 1140. The summed E-state index contributed by atoms with van der Waals surface area (Å²) in [5, 5.41) is 1.09. The van der Waals surface area contributed by atoms with Crippen LogP contribution in [-0.2, 0) is 16.6 Å². The van der Waals surface area contributed by atoms with E-state index in [-0.39, 0.29) is 5.92 Å². The number of benzene rings is 2. The van der Waals surface area contributed by atoms with Gasteiger partial charge in [0.2, 0.25) is 10.0 Å². The first-order valence-corrected chi connectivity index (χ1v) is 11.8. The van der Waals surface area contributed by atoms with Crippen LogP contribution >= 0.6 is 0 Å².